The molecular formula is C22H36FN3O2. The van der Waals surface area contributed by atoms with E-state index < -0.39 is 11.7 Å². The minimum atomic E-state index is -0.715. The van der Waals surface area contributed by atoms with Crippen molar-refractivity contribution in [3.05, 3.63) is 53.5 Å². The van der Waals surface area contributed by atoms with Crippen molar-refractivity contribution >= 4 is 5.91 Å². The average molecular weight is 394 g/mol. The molecule has 1 saturated heterocycles. The molecule has 0 spiro atoms. The maximum Gasteiger partial charge on any atom is 0.248 e. The summed E-state index contributed by atoms with van der Waals surface area (Å²) in [5.41, 5.74) is 6.27. The van der Waals surface area contributed by atoms with Crippen LogP contribution < -0.4 is 21.1 Å². The highest BCUT2D eigenvalue weighted by Gasteiger charge is 2.08. The molecule has 0 bridgehead atoms. The van der Waals surface area contributed by atoms with Crippen LogP contribution in [0.25, 0.3) is 0 Å². The number of primary amides is 1. The van der Waals surface area contributed by atoms with Crippen molar-refractivity contribution < 1.29 is 13.9 Å². The Bertz CT molecular complexity index is 624. The Morgan fingerprint density at radius 1 is 1.36 bits per heavy atom. The van der Waals surface area contributed by atoms with Crippen LogP contribution in [0.1, 0.15) is 39.2 Å². The Morgan fingerprint density at radius 2 is 2.00 bits per heavy atom. The molecule has 0 unspecified atom stereocenters. The standard InChI is InChI=1S/C14H17FN2O2.C6H13N.C2H6/c1-10-4-3-5-13(6-10)19-9-11(14(16)18)7-12(15)8-17-2;1-6-2-4-7-5-3-6;1-2/h3-8,17H,9H2,1-2H3,(H2,16,18);6-7H,2-5H2,1H3;1-2H3/b11-7+,12-8+;;. The zero-order chi connectivity index (χ0) is 21.4. The van der Waals surface area contributed by atoms with Crippen LogP contribution in [0.4, 0.5) is 4.39 Å². The number of piperidine rings is 1. The number of benzene rings is 1. The fourth-order valence-corrected chi connectivity index (χ4v) is 2.36. The molecule has 0 atom stereocenters. The molecule has 4 N–H and O–H groups in total. The van der Waals surface area contributed by atoms with Crippen molar-refractivity contribution in [3.8, 4) is 5.75 Å². The third-order valence-corrected chi connectivity index (χ3v) is 3.92. The molecule has 5 nitrogen and oxygen atoms in total. The first kappa shape index (κ1) is 25.7. The van der Waals surface area contributed by atoms with Gasteiger partial charge in [-0.15, -0.1) is 0 Å². The molecule has 1 aliphatic heterocycles. The van der Waals surface area contributed by atoms with Gasteiger partial charge in [0.05, 0.1) is 5.57 Å². The molecule has 1 aromatic rings. The van der Waals surface area contributed by atoms with Gasteiger partial charge in [-0.25, -0.2) is 4.39 Å². The van der Waals surface area contributed by atoms with Gasteiger partial charge in [-0.3, -0.25) is 4.79 Å². The molecule has 158 valence electrons. The van der Waals surface area contributed by atoms with Gasteiger partial charge in [-0.2, -0.15) is 0 Å². The third-order valence-electron chi connectivity index (χ3n) is 3.92. The monoisotopic (exact) mass is 393 g/mol. The molecule has 0 aliphatic carbocycles. The van der Waals surface area contributed by atoms with Crippen LogP contribution in [0.15, 0.2) is 47.9 Å². The van der Waals surface area contributed by atoms with E-state index in [0.717, 1.165) is 23.8 Å². The molecule has 0 aromatic heterocycles. The Balaban J connectivity index is 0.000000670. The Labute approximate surface area is 169 Å². The predicted molar refractivity (Wildman–Crippen MR) is 115 cm³/mol. The Kier molecular flexibility index (Phi) is 14.4. The van der Waals surface area contributed by atoms with E-state index in [9.17, 15) is 9.18 Å². The first-order valence-corrected chi connectivity index (χ1v) is 9.86. The number of hydrogen-bond donors (Lipinski definition) is 3. The largest absolute Gasteiger partial charge is 0.489 e. The maximum absolute atomic E-state index is 13.3. The second-order valence-corrected chi connectivity index (χ2v) is 6.39. The van der Waals surface area contributed by atoms with Crippen molar-refractivity contribution in [1.82, 2.24) is 10.6 Å². The average Bonchev–Trinajstić information content (AvgIpc) is 2.68. The lowest BCUT2D eigenvalue weighted by atomic mass is 10.0. The van der Waals surface area contributed by atoms with Gasteiger partial charge >= 0.3 is 0 Å². The Hall–Kier alpha value is -2.34. The topological polar surface area (TPSA) is 76.4 Å². The molecule has 28 heavy (non-hydrogen) atoms. The van der Waals surface area contributed by atoms with Gasteiger partial charge < -0.3 is 21.1 Å². The molecule has 6 heteroatoms. The van der Waals surface area contributed by atoms with E-state index in [1.165, 1.54) is 25.9 Å². The zero-order valence-corrected chi connectivity index (χ0v) is 17.8. The Morgan fingerprint density at radius 3 is 2.46 bits per heavy atom. The highest BCUT2D eigenvalue weighted by Crippen LogP contribution is 2.14. The minimum absolute atomic E-state index is 0.0607. The molecule has 1 fully saturated rings. The summed E-state index contributed by atoms with van der Waals surface area (Å²) in [4.78, 5) is 11.2. The summed E-state index contributed by atoms with van der Waals surface area (Å²) in [6.45, 7) is 10.6. The van der Waals surface area contributed by atoms with E-state index >= 15 is 0 Å². The molecule has 0 saturated carbocycles. The third kappa shape index (κ3) is 12.1. The van der Waals surface area contributed by atoms with E-state index in [2.05, 4.69) is 17.6 Å². The van der Waals surface area contributed by atoms with Crippen LogP contribution in [0.3, 0.4) is 0 Å². The predicted octanol–water partition coefficient (Wildman–Crippen LogP) is 3.85. The highest BCUT2D eigenvalue weighted by molar-refractivity contribution is 5.92. The number of nitrogens with two attached hydrogens (primary N) is 1. The zero-order valence-electron chi connectivity index (χ0n) is 17.8. The van der Waals surface area contributed by atoms with E-state index in [1.807, 2.05) is 39.0 Å². The summed E-state index contributed by atoms with van der Waals surface area (Å²) in [6.07, 6.45) is 4.92. The number of aryl methyl sites for hydroxylation is 1. The molecule has 1 amide bonds. The van der Waals surface area contributed by atoms with Crippen LogP contribution >= 0.6 is 0 Å². The van der Waals surface area contributed by atoms with Crippen molar-refractivity contribution in [2.24, 2.45) is 11.7 Å². The van der Waals surface area contributed by atoms with Crippen molar-refractivity contribution in [2.45, 2.75) is 40.5 Å². The smallest absolute Gasteiger partial charge is 0.248 e. The van der Waals surface area contributed by atoms with Gasteiger partial charge in [-0.1, -0.05) is 32.9 Å². The van der Waals surface area contributed by atoms with Gasteiger partial charge in [0, 0.05) is 13.2 Å². The lowest BCUT2D eigenvalue weighted by Gasteiger charge is -2.17. The lowest BCUT2D eigenvalue weighted by molar-refractivity contribution is -0.114. The molecule has 0 radical (unpaired) electrons. The number of rotatable bonds is 6. The van der Waals surface area contributed by atoms with Crippen LogP contribution in [-0.4, -0.2) is 32.7 Å². The number of amides is 1. The van der Waals surface area contributed by atoms with Crippen LogP contribution in [-0.2, 0) is 4.79 Å². The maximum atomic E-state index is 13.3. The molecule has 1 heterocycles. The summed E-state index contributed by atoms with van der Waals surface area (Å²) in [7, 11) is 1.56. The highest BCUT2D eigenvalue weighted by atomic mass is 19.1. The van der Waals surface area contributed by atoms with E-state index in [4.69, 9.17) is 10.5 Å². The fourth-order valence-electron chi connectivity index (χ4n) is 2.36. The number of ether oxygens (including phenoxy) is 1. The van der Waals surface area contributed by atoms with Crippen LogP contribution in [0.2, 0.25) is 0 Å². The van der Waals surface area contributed by atoms with Gasteiger partial charge in [0.2, 0.25) is 5.91 Å². The quantitative estimate of drug-likeness (QED) is 0.507. The molecule has 1 aromatic carbocycles. The van der Waals surface area contributed by atoms with Crippen molar-refractivity contribution in [3.63, 3.8) is 0 Å². The number of allylic oxidation sites excluding steroid dienone is 2. The lowest BCUT2D eigenvalue weighted by Crippen LogP contribution is -2.26. The molecular weight excluding hydrogens is 357 g/mol. The van der Waals surface area contributed by atoms with E-state index in [0.29, 0.717) is 5.75 Å². The first-order chi connectivity index (χ1) is 13.4. The van der Waals surface area contributed by atoms with Crippen molar-refractivity contribution in [2.75, 3.05) is 26.7 Å². The molecule has 2 rings (SSSR count). The van der Waals surface area contributed by atoms with E-state index in [1.54, 1.807) is 13.1 Å². The van der Waals surface area contributed by atoms with Gasteiger partial charge in [0.15, 0.2) is 0 Å². The summed E-state index contributed by atoms with van der Waals surface area (Å²) in [5.74, 6) is 0.267. The summed E-state index contributed by atoms with van der Waals surface area (Å²) < 4.78 is 18.7. The number of nitrogens with one attached hydrogen (secondary N) is 2. The fraction of sp³-hybridized carbons (Fsp3) is 0.500. The normalized spacial score (nSPS) is 14.8. The van der Waals surface area contributed by atoms with Crippen LogP contribution in [0, 0.1) is 12.8 Å². The first-order valence-electron chi connectivity index (χ1n) is 9.86. The van der Waals surface area contributed by atoms with E-state index in [-0.39, 0.29) is 12.2 Å². The SMILES string of the molecule is CC.CC1CCNCC1.CN/C=C(F)\C=C(/COc1cccc(C)c1)C(N)=O. The summed E-state index contributed by atoms with van der Waals surface area (Å²) >= 11 is 0. The number of halogens is 1. The van der Waals surface area contributed by atoms with Gasteiger partial charge in [0.1, 0.15) is 18.2 Å². The second kappa shape index (κ2) is 15.7. The number of carbonyl (C=O) groups excluding carboxylic acids is 1. The minimum Gasteiger partial charge on any atom is -0.489 e. The summed E-state index contributed by atoms with van der Waals surface area (Å²) in [5, 5.41) is 5.83. The number of carbonyl (C=O) groups is 1. The van der Waals surface area contributed by atoms with Gasteiger partial charge in [-0.05, 0) is 62.5 Å². The second-order valence-electron chi connectivity index (χ2n) is 6.39. The van der Waals surface area contributed by atoms with Crippen molar-refractivity contribution in [1.29, 1.82) is 0 Å². The number of hydrogen-bond acceptors (Lipinski definition) is 4. The summed E-state index contributed by atoms with van der Waals surface area (Å²) in [6, 6.07) is 7.33. The van der Waals surface area contributed by atoms with Gasteiger partial charge in [0.25, 0.3) is 0 Å². The molecule has 1 aliphatic rings. The van der Waals surface area contributed by atoms with Crippen LogP contribution in [0.5, 0.6) is 5.75 Å².